The highest BCUT2D eigenvalue weighted by molar-refractivity contribution is 7.68. The van der Waals surface area contributed by atoms with E-state index in [1.165, 1.54) is 77.0 Å². The van der Waals surface area contributed by atoms with E-state index >= 15 is 23.7 Å². The van der Waals surface area contributed by atoms with Crippen LogP contribution in [0.15, 0.2) is 243 Å². The van der Waals surface area contributed by atoms with Crippen LogP contribution in [0.1, 0.15) is 321 Å². The van der Waals surface area contributed by atoms with Crippen molar-refractivity contribution in [2.45, 2.75) is 409 Å². The summed E-state index contributed by atoms with van der Waals surface area (Å²) in [5.41, 5.74) is 1.85. The maximum Gasteiger partial charge on any atom is 0.588 e. The number of aliphatic hydroxyl groups excluding tert-OH is 3. The minimum Gasteiger partial charge on any atom is -0.457 e. The number of carbonyl (C=O) groups excluding carboxylic acids is 4. The summed E-state index contributed by atoms with van der Waals surface area (Å²) < 4.78 is 113. The molecule has 8 aromatic rings. The number of benzene rings is 8. The number of rotatable bonds is 82. The van der Waals surface area contributed by atoms with Crippen molar-refractivity contribution in [3.8, 4) is 11.5 Å². The lowest BCUT2D eigenvalue weighted by atomic mass is 9.94. The second-order valence-electron chi connectivity index (χ2n) is 39.8. The molecule has 2 amide bonds. The van der Waals surface area contributed by atoms with E-state index in [1.54, 1.807) is 60.7 Å². The van der Waals surface area contributed by atoms with E-state index in [0.29, 0.717) is 25.7 Å². The molecule has 149 heavy (non-hydrogen) atoms. The van der Waals surface area contributed by atoms with Crippen LogP contribution >= 0.6 is 24.1 Å². The molecule has 2 heterocycles. The number of hydrogen-bond acceptors (Lipinski definition) is 22. The molecule has 2 aliphatic rings. The molecular weight excluding hydrogens is 1940 g/mol. The van der Waals surface area contributed by atoms with Crippen molar-refractivity contribution in [1.29, 1.82) is 0 Å². The summed E-state index contributed by atoms with van der Waals surface area (Å²) >= 11 is 0. The summed E-state index contributed by atoms with van der Waals surface area (Å²) in [6, 6.07) is 72.5. The summed E-state index contributed by atoms with van der Waals surface area (Å²) in [5.74, 6) is -2.78. The lowest BCUT2D eigenvalue weighted by Crippen LogP contribution is -2.68. The third-order valence-electron chi connectivity index (χ3n) is 27.3. The molecule has 0 unspecified atom stereocenters. The molecule has 0 aliphatic carbocycles. The molecular formula is C122H175N2O22P3. The minimum absolute atomic E-state index is 0.0226. The number of phosphoric ester groups is 1. The SMILES string of the molecule is CCCCCCCCCCC[C@@H](O)CC(=O)N[C@@H]1[C@H](OC[C@H]2O[C@H](OCCOP(c3ccccc3)c3ccccc3)[C@@H](NC(=O)C[C@@H](CCCCCCCCCCC)OCc3ccccc3)[C@@H](OC(=O)C[C@@H](CCCCCCCCCCC)OCc3ccccc3)[C@@H]2OCCOP(c2ccccc2)c2ccccc2)O[C@H](CO)[C@@H](OP(=O)(Oc2ccccc2)Oc2ccccc2)[C@@H]1OC(=O)C[C@H](O)CCCCCCCCCCC. The van der Waals surface area contributed by atoms with Crippen molar-refractivity contribution in [2.75, 3.05) is 39.6 Å². The average Bonchev–Trinajstić information content (AvgIpc) is 0.773. The van der Waals surface area contributed by atoms with Gasteiger partial charge in [-0.05, 0) is 61.1 Å². The van der Waals surface area contributed by atoms with E-state index in [4.69, 9.17) is 65.3 Å². The molecule has 0 saturated carbocycles. The van der Waals surface area contributed by atoms with Gasteiger partial charge in [0.15, 0.2) is 24.8 Å². The number of para-hydroxylation sites is 2. The quantitative estimate of drug-likeness (QED) is 0.0134. The number of phosphoric acid groups is 1. The highest BCUT2D eigenvalue weighted by Crippen LogP contribution is 2.53. The maximum absolute atomic E-state index is 16.2. The van der Waals surface area contributed by atoms with E-state index in [9.17, 15) is 15.3 Å². The maximum atomic E-state index is 16.2. The predicted octanol–water partition coefficient (Wildman–Crippen LogP) is 25.6. The molecule has 10 rings (SSSR count). The van der Waals surface area contributed by atoms with Gasteiger partial charge in [0.05, 0.1) is 119 Å². The number of carbonyl (C=O) groups is 4. The van der Waals surface area contributed by atoms with Gasteiger partial charge in [0, 0.05) is 21.2 Å². The van der Waals surface area contributed by atoms with Crippen molar-refractivity contribution >= 4 is 69.1 Å². The second-order valence-corrected chi connectivity index (χ2v) is 45.0. The zero-order chi connectivity index (χ0) is 105. The van der Waals surface area contributed by atoms with Gasteiger partial charge >= 0.3 is 19.8 Å². The number of ether oxygens (including phenoxy) is 9. The van der Waals surface area contributed by atoms with Crippen LogP contribution in [0, 0.1) is 0 Å². The smallest absolute Gasteiger partial charge is 0.457 e. The number of nitrogens with one attached hydrogen (secondary N) is 2. The van der Waals surface area contributed by atoms with Crippen molar-refractivity contribution in [3.05, 3.63) is 254 Å². The summed E-state index contributed by atoms with van der Waals surface area (Å²) in [4.78, 5) is 63.1. The van der Waals surface area contributed by atoms with Gasteiger partial charge < -0.3 is 86.7 Å². The van der Waals surface area contributed by atoms with E-state index in [2.05, 4.69) is 38.3 Å². The Hall–Kier alpha value is -8.19. The molecule has 27 heteroatoms. The van der Waals surface area contributed by atoms with Crippen LogP contribution in [-0.2, 0) is 93.2 Å². The van der Waals surface area contributed by atoms with Gasteiger partial charge in [-0.15, -0.1) is 0 Å². The summed E-state index contributed by atoms with van der Waals surface area (Å²) in [5, 5.41) is 46.2. The lowest BCUT2D eigenvalue weighted by Gasteiger charge is -2.48. The first-order valence-corrected chi connectivity index (χ1v) is 60.3. The van der Waals surface area contributed by atoms with Crippen LogP contribution in [0.2, 0.25) is 0 Å². The van der Waals surface area contributed by atoms with E-state index in [1.807, 2.05) is 182 Å². The van der Waals surface area contributed by atoms with Crippen molar-refractivity contribution in [2.24, 2.45) is 0 Å². The molecule has 820 valence electrons. The van der Waals surface area contributed by atoms with Gasteiger partial charge in [-0.2, -0.15) is 0 Å². The Morgan fingerprint density at radius 1 is 0.336 bits per heavy atom. The summed E-state index contributed by atoms with van der Waals surface area (Å²) in [6.45, 7) is 7.25. The van der Waals surface area contributed by atoms with Gasteiger partial charge in [-0.25, -0.2) is 4.57 Å². The normalized spacial score (nSPS) is 18.7. The lowest BCUT2D eigenvalue weighted by molar-refractivity contribution is -0.309. The van der Waals surface area contributed by atoms with E-state index in [0.717, 1.165) is 174 Å². The second kappa shape index (κ2) is 74.8. The van der Waals surface area contributed by atoms with Crippen LogP contribution in [0.4, 0.5) is 0 Å². The Morgan fingerprint density at radius 2 is 0.644 bits per heavy atom. The third kappa shape index (κ3) is 48.6. The fourth-order valence-electron chi connectivity index (χ4n) is 19.1. The average molecular weight is 2110 g/mol. The van der Waals surface area contributed by atoms with Gasteiger partial charge in [-0.1, -0.05) is 477 Å². The summed E-state index contributed by atoms with van der Waals surface area (Å²) in [7, 11) is -8.06. The molecule has 8 aromatic carbocycles. The highest BCUT2D eigenvalue weighted by atomic mass is 31.2. The molecule has 0 radical (unpaired) electrons. The fraction of sp³-hybridized carbons (Fsp3) is 0.574. The van der Waals surface area contributed by atoms with Gasteiger partial charge in [0.1, 0.15) is 48.0 Å². The Bertz CT molecular complexity index is 4690. The van der Waals surface area contributed by atoms with Gasteiger partial charge in [0.25, 0.3) is 0 Å². The molecule has 0 bridgehead atoms. The van der Waals surface area contributed by atoms with Crippen LogP contribution in [-0.4, -0.2) is 164 Å². The number of unbranched alkanes of at least 4 members (excludes halogenated alkanes) is 32. The zero-order valence-electron chi connectivity index (χ0n) is 89.4. The number of esters is 2. The first-order valence-electron chi connectivity index (χ1n) is 56.4. The fourth-order valence-corrected chi connectivity index (χ4v) is 24.0. The molecule has 2 fully saturated rings. The Kier molecular flexibility index (Phi) is 61.5. The highest BCUT2D eigenvalue weighted by Gasteiger charge is 2.56. The third-order valence-corrected chi connectivity index (χ3v) is 32.6. The molecule has 0 aromatic heterocycles. The standard InChI is InChI=1S/C122H175N2O22P3/c1-5-9-13-17-21-25-29-33-49-69-99(126)89-111(128)123-116-120(142-113(130)90-100(127)70-50-34-30-26-22-18-14-10-6-2)118(146-149(132,144-101-71-53-39-54-72-101)145-102-73-55-40-56-74-102)109(93-125)140-122(116)137-96-110-117(133-85-87-138-147(105-77-57-41-58-78-105)106-79-59-42-60-80-106)119(143-114(131)92-104(136-95-98-67-47-38-48-68-98)76-52-36-32-28-24-20-16-12-8-4)115(121(141-110)134-86-88-139-148(107-81-61-43-62-82-107)108-83-63-44-64-84-108)124-112(129)91-103(135-94-97-65-45-37-46-66-97)75-51-35-31-27-23-19-15-11-7-3/h37-48,53-68,71-74,77-84,99-100,103-104,109-110,115-122,125-127H,5-36,49-52,69-70,75-76,85-96H2,1-4H3,(H,123,128)(H,124,129)/t99-,100-,103-,104-,109-,110-,115+,116+,117-,118-,119-,120-,121+,122-/m1/s1. The molecule has 24 nitrogen and oxygen atoms in total. The van der Waals surface area contributed by atoms with Gasteiger partial charge in [-0.3, -0.25) is 23.7 Å². The molecule has 14 atom stereocenters. The topological polar surface area (TPSA) is 299 Å². The van der Waals surface area contributed by atoms with Crippen molar-refractivity contribution < 1.29 is 104 Å². The minimum atomic E-state index is -5.11. The number of hydrogen-bond donors (Lipinski definition) is 5. The zero-order valence-corrected chi connectivity index (χ0v) is 92.1. The first-order chi connectivity index (χ1) is 73.1. The molecule has 5 N–H and O–H groups in total. The van der Waals surface area contributed by atoms with Crippen LogP contribution in [0.25, 0.3) is 0 Å². The first kappa shape index (κ1) is 123. The molecule has 2 aliphatic heterocycles. The van der Waals surface area contributed by atoms with Gasteiger partial charge in [0.2, 0.25) is 11.8 Å². The van der Waals surface area contributed by atoms with E-state index < -0.39 is 160 Å². The monoisotopic (exact) mass is 2110 g/mol. The molecule has 0 spiro atoms. The Balaban J connectivity index is 1.10. The Morgan fingerprint density at radius 3 is 1.03 bits per heavy atom. The van der Waals surface area contributed by atoms with Crippen LogP contribution in [0.3, 0.4) is 0 Å². The number of aliphatic hydroxyl groups is 3. The van der Waals surface area contributed by atoms with E-state index in [-0.39, 0.29) is 76.8 Å². The largest absolute Gasteiger partial charge is 0.588 e. The van der Waals surface area contributed by atoms with Crippen LogP contribution < -0.4 is 40.9 Å². The molecule has 2 saturated heterocycles. The van der Waals surface area contributed by atoms with Crippen molar-refractivity contribution in [1.82, 2.24) is 10.6 Å². The summed E-state index contributed by atoms with van der Waals surface area (Å²) in [6.07, 6.45) is 21.2. The number of amides is 2. The predicted molar refractivity (Wildman–Crippen MR) is 594 cm³/mol. The Labute approximate surface area is 892 Å². The van der Waals surface area contributed by atoms with Crippen LogP contribution in [0.5, 0.6) is 11.5 Å². The van der Waals surface area contributed by atoms with Crippen molar-refractivity contribution in [3.63, 3.8) is 0 Å².